The molecule has 0 bridgehead atoms. The second-order valence-electron chi connectivity index (χ2n) is 23.1. The van der Waals surface area contributed by atoms with Crippen LogP contribution in [-0.2, 0) is 28.6 Å². The van der Waals surface area contributed by atoms with Crippen LogP contribution < -0.4 is 0 Å². The number of esters is 3. The predicted octanol–water partition coefficient (Wildman–Crippen LogP) is 24.3. The van der Waals surface area contributed by atoms with Gasteiger partial charge in [-0.2, -0.15) is 0 Å². The molecule has 1 unspecified atom stereocenters. The van der Waals surface area contributed by atoms with Crippen molar-refractivity contribution in [3.05, 3.63) is 122 Å². The minimum atomic E-state index is -0.788. The SMILES string of the molecule is CC/C=C\C/C=C\C/C=C\C/C=C\C/C=C\C/C=C\C/C=C\CCCCCCCCCCCC(=O)OCC(COC(=O)CCCCCCC/C=C\CCCC)OC(=O)CCCCCCCCCCCCC/C=C\C/C=C\CCCCCCC. The number of ether oxygens (including phenoxy) is 3. The molecule has 0 fully saturated rings. The van der Waals surface area contributed by atoms with Crippen molar-refractivity contribution in [2.45, 2.75) is 335 Å². The van der Waals surface area contributed by atoms with Crippen LogP contribution in [0.3, 0.4) is 0 Å². The van der Waals surface area contributed by atoms with E-state index < -0.39 is 6.10 Å². The van der Waals surface area contributed by atoms with E-state index in [-0.39, 0.29) is 31.1 Å². The molecule has 1 atom stereocenters. The molecule has 0 spiro atoms. The van der Waals surface area contributed by atoms with Gasteiger partial charge in [0, 0.05) is 19.3 Å². The number of carbonyl (C=O) groups is 3. The van der Waals surface area contributed by atoms with E-state index >= 15 is 0 Å². The summed E-state index contributed by atoms with van der Waals surface area (Å²) < 4.78 is 16.9. The third-order valence-electron chi connectivity index (χ3n) is 14.9. The molecule has 0 aromatic carbocycles. The zero-order valence-corrected chi connectivity index (χ0v) is 54.4. The smallest absolute Gasteiger partial charge is 0.306 e. The van der Waals surface area contributed by atoms with Crippen LogP contribution in [0.2, 0.25) is 0 Å². The highest BCUT2D eigenvalue weighted by Gasteiger charge is 2.19. The van der Waals surface area contributed by atoms with Crippen molar-refractivity contribution in [1.29, 1.82) is 0 Å². The van der Waals surface area contributed by atoms with Crippen LogP contribution in [-0.4, -0.2) is 37.2 Å². The maximum absolute atomic E-state index is 12.9. The quantitative estimate of drug-likeness (QED) is 0.0261. The molecule has 0 radical (unpaired) electrons. The number of hydrogen-bond donors (Lipinski definition) is 0. The second kappa shape index (κ2) is 70.3. The summed E-state index contributed by atoms with van der Waals surface area (Å²) in [7, 11) is 0. The van der Waals surface area contributed by atoms with Gasteiger partial charge in [0.05, 0.1) is 0 Å². The summed E-state index contributed by atoms with van der Waals surface area (Å²) in [4.78, 5) is 38.4. The topological polar surface area (TPSA) is 78.9 Å². The Morgan fingerprint density at radius 3 is 0.783 bits per heavy atom. The minimum absolute atomic E-state index is 0.0850. The molecule has 0 aromatic heterocycles. The van der Waals surface area contributed by atoms with E-state index in [9.17, 15) is 14.4 Å². The van der Waals surface area contributed by atoms with Crippen molar-refractivity contribution in [1.82, 2.24) is 0 Å². The van der Waals surface area contributed by atoms with Gasteiger partial charge in [0.1, 0.15) is 13.2 Å². The fraction of sp³-hybridized carbons (Fsp3) is 0.701. The molecule has 474 valence electrons. The van der Waals surface area contributed by atoms with E-state index in [1.165, 1.54) is 167 Å². The van der Waals surface area contributed by atoms with E-state index in [0.29, 0.717) is 19.3 Å². The Morgan fingerprint density at radius 2 is 0.482 bits per heavy atom. The number of allylic oxidation sites excluding steroid dienone is 20. The standard InChI is InChI=1S/C77H130O6/c1-4-7-10-13-16-19-22-24-26-28-30-32-34-35-36-37-38-39-40-41-43-44-46-48-50-52-55-58-61-64-67-70-76(79)82-73-74(72-81-75(78)69-66-63-60-57-54-21-18-15-12-9-6-3)83-77(80)71-68-65-62-59-56-53-51-49-47-45-42-33-31-29-27-25-23-20-17-14-11-8-5-2/h7,10,15-16,18-19,23-26,29-32,35-36,38-39,41,43,74H,4-6,8-9,11-14,17,20-22,27-28,33-34,37,40,42,44-73H2,1-3H3/b10-7-,18-15-,19-16-,25-23-,26-24-,31-29-,32-30-,36-35-,39-38-,43-41-. The normalized spacial score (nSPS) is 12.9. The first kappa shape index (κ1) is 78.8. The molecule has 6 heteroatoms. The highest BCUT2D eigenvalue weighted by Crippen LogP contribution is 2.16. The Kier molecular flexibility index (Phi) is 66.7. The molecule has 0 aliphatic carbocycles. The molecule has 0 N–H and O–H groups in total. The van der Waals surface area contributed by atoms with Crippen LogP contribution in [0.5, 0.6) is 0 Å². The van der Waals surface area contributed by atoms with Crippen molar-refractivity contribution >= 4 is 17.9 Å². The van der Waals surface area contributed by atoms with Gasteiger partial charge in [0.15, 0.2) is 6.10 Å². The molecule has 0 aliphatic heterocycles. The molecule has 0 amide bonds. The number of rotatable bonds is 63. The Labute approximate surface area is 513 Å². The van der Waals surface area contributed by atoms with Crippen LogP contribution in [0.25, 0.3) is 0 Å². The lowest BCUT2D eigenvalue weighted by atomic mass is 10.0. The van der Waals surface area contributed by atoms with Gasteiger partial charge in [0.25, 0.3) is 0 Å². The van der Waals surface area contributed by atoms with Crippen molar-refractivity contribution in [3.8, 4) is 0 Å². The van der Waals surface area contributed by atoms with Crippen LogP contribution in [0.1, 0.15) is 329 Å². The van der Waals surface area contributed by atoms with Crippen LogP contribution in [0.15, 0.2) is 122 Å². The van der Waals surface area contributed by atoms with Crippen molar-refractivity contribution in [2.75, 3.05) is 13.2 Å². The molecule has 0 heterocycles. The summed E-state index contributed by atoms with van der Waals surface area (Å²) in [6.07, 6.45) is 97.9. The Bertz CT molecular complexity index is 1700. The molecular weight excluding hydrogens is 1020 g/mol. The molecule has 0 aromatic rings. The molecule has 6 nitrogen and oxygen atoms in total. The fourth-order valence-electron chi connectivity index (χ4n) is 9.67. The number of hydrogen-bond acceptors (Lipinski definition) is 6. The van der Waals surface area contributed by atoms with E-state index in [2.05, 4.69) is 142 Å². The largest absolute Gasteiger partial charge is 0.462 e. The highest BCUT2D eigenvalue weighted by atomic mass is 16.6. The average molecular weight is 1150 g/mol. The van der Waals surface area contributed by atoms with Gasteiger partial charge in [-0.15, -0.1) is 0 Å². The molecular formula is C77H130O6. The Balaban J connectivity index is 4.26. The number of carbonyl (C=O) groups excluding carboxylic acids is 3. The average Bonchev–Trinajstić information content (AvgIpc) is 3.48. The second-order valence-corrected chi connectivity index (χ2v) is 23.1. The molecule has 0 rings (SSSR count). The maximum Gasteiger partial charge on any atom is 0.306 e. The maximum atomic E-state index is 12.9. The predicted molar refractivity (Wildman–Crippen MR) is 362 cm³/mol. The van der Waals surface area contributed by atoms with Crippen LogP contribution in [0, 0.1) is 0 Å². The highest BCUT2D eigenvalue weighted by molar-refractivity contribution is 5.71. The van der Waals surface area contributed by atoms with Crippen molar-refractivity contribution < 1.29 is 28.6 Å². The summed E-state index contributed by atoms with van der Waals surface area (Å²) in [6.45, 7) is 6.49. The first-order chi connectivity index (χ1) is 41.0. The van der Waals surface area contributed by atoms with E-state index in [1.807, 2.05) is 0 Å². The first-order valence-electron chi connectivity index (χ1n) is 35.0. The molecule has 0 aliphatic rings. The summed E-state index contributed by atoms with van der Waals surface area (Å²) in [5.74, 6) is -0.893. The monoisotopic (exact) mass is 1150 g/mol. The van der Waals surface area contributed by atoms with Gasteiger partial charge in [-0.05, 0) is 128 Å². The van der Waals surface area contributed by atoms with Crippen molar-refractivity contribution in [2.24, 2.45) is 0 Å². The van der Waals surface area contributed by atoms with Crippen LogP contribution in [0.4, 0.5) is 0 Å². The lowest BCUT2D eigenvalue weighted by Gasteiger charge is -2.18. The lowest BCUT2D eigenvalue weighted by Crippen LogP contribution is -2.30. The molecule has 0 saturated heterocycles. The zero-order chi connectivity index (χ0) is 59.9. The van der Waals surface area contributed by atoms with Gasteiger partial charge in [-0.25, -0.2) is 0 Å². The Morgan fingerprint density at radius 1 is 0.253 bits per heavy atom. The summed E-state index contributed by atoms with van der Waals surface area (Å²) in [5.41, 5.74) is 0. The fourth-order valence-corrected chi connectivity index (χ4v) is 9.67. The van der Waals surface area contributed by atoms with Crippen LogP contribution >= 0.6 is 0 Å². The van der Waals surface area contributed by atoms with Gasteiger partial charge < -0.3 is 14.2 Å². The van der Waals surface area contributed by atoms with Crippen molar-refractivity contribution in [3.63, 3.8) is 0 Å². The van der Waals surface area contributed by atoms with Gasteiger partial charge in [0.2, 0.25) is 0 Å². The molecule has 0 saturated carbocycles. The zero-order valence-electron chi connectivity index (χ0n) is 54.4. The molecule has 83 heavy (non-hydrogen) atoms. The Hall–Kier alpha value is -4.19. The third-order valence-corrected chi connectivity index (χ3v) is 14.9. The number of unbranched alkanes of at least 4 members (excludes halogenated alkanes) is 32. The van der Waals surface area contributed by atoms with Gasteiger partial charge in [-0.3, -0.25) is 14.4 Å². The minimum Gasteiger partial charge on any atom is -0.462 e. The summed E-state index contributed by atoms with van der Waals surface area (Å²) in [5, 5.41) is 0. The van der Waals surface area contributed by atoms with Gasteiger partial charge >= 0.3 is 17.9 Å². The summed E-state index contributed by atoms with van der Waals surface area (Å²) >= 11 is 0. The van der Waals surface area contributed by atoms with E-state index in [0.717, 1.165) is 122 Å². The van der Waals surface area contributed by atoms with E-state index in [4.69, 9.17) is 14.2 Å². The van der Waals surface area contributed by atoms with E-state index in [1.54, 1.807) is 0 Å². The third kappa shape index (κ3) is 68.5. The lowest BCUT2D eigenvalue weighted by molar-refractivity contribution is -0.167. The summed E-state index contributed by atoms with van der Waals surface area (Å²) in [6, 6.07) is 0. The first-order valence-corrected chi connectivity index (χ1v) is 35.0. The van der Waals surface area contributed by atoms with Gasteiger partial charge in [-0.1, -0.05) is 303 Å².